The second-order valence-electron chi connectivity index (χ2n) is 5.48. The number of fused-ring (bicyclic) bond motifs is 1. The third kappa shape index (κ3) is 2.42. The zero-order valence-electron chi connectivity index (χ0n) is 12.2. The topological polar surface area (TPSA) is 76.0 Å². The third-order valence-electron chi connectivity index (χ3n) is 4.32. The zero-order chi connectivity index (χ0) is 15.7. The molecule has 5 heteroatoms. The molecule has 1 aliphatic carbocycles. The normalized spacial score (nSPS) is 28.0. The highest BCUT2D eigenvalue weighted by atomic mass is 16.6. The molecule has 1 aliphatic heterocycles. The Bertz CT molecular complexity index is 619. The van der Waals surface area contributed by atoms with Crippen LogP contribution < -0.4 is 0 Å². The monoisotopic (exact) mass is 302 g/mol. The van der Waals surface area contributed by atoms with Gasteiger partial charge in [-0.1, -0.05) is 36.4 Å². The van der Waals surface area contributed by atoms with Gasteiger partial charge in [-0.15, -0.1) is 0 Å². The molecule has 4 atom stereocenters. The second-order valence-corrected chi connectivity index (χ2v) is 5.48. The van der Waals surface area contributed by atoms with E-state index in [1.54, 1.807) is 0 Å². The quantitative estimate of drug-likeness (QED) is 0.656. The van der Waals surface area contributed by atoms with Crippen LogP contribution in [0.1, 0.15) is 18.1 Å². The molecule has 0 amide bonds. The van der Waals surface area contributed by atoms with Crippen LogP contribution in [0.2, 0.25) is 0 Å². The van der Waals surface area contributed by atoms with Crippen molar-refractivity contribution in [1.29, 1.82) is 0 Å². The Morgan fingerprint density at radius 1 is 1.36 bits per heavy atom. The number of hydrogen-bond donors (Lipinski definition) is 2. The van der Waals surface area contributed by atoms with Crippen LogP contribution in [0.5, 0.6) is 0 Å². The lowest BCUT2D eigenvalue weighted by Gasteiger charge is -2.33. The van der Waals surface area contributed by atoms with E-state index in [0.29, 0.717) is 17.6 Å². The first-order valence-corrected chi connectivity index (χ1v) is 7.18. The number of hydrogen-bond acceptors (Lipinski definition) is 5. The molecule has 0 saturated heterocycles. The lowest BCUT2D eigenvalue weighted by Crippen LogP contribution is -2.36. The van der Waals surface area contributed by atoms with Crippen molar-refractivity contribution in [2.45, 2.75) is 18.8 Å². The first-order valence-electron chi connectivity index (χ1n) is 7.18. The van der Waals surface area contributed by atoms with Crippen molar-refractivity contribution < 1.29 is 24.5 Å². The molecule has 5 nitrogen and oxygen atoms in total. The summed E-state index contributed by atoms with van der Waals surface area (Å²) < 4.78 is 9.94. The molecule has 1 heterocycles. The first kappa shape index (κ1) is 14.8. The molecule has 116 valence electrons. The van der Waals surface area contributed by atoms with E-state index in [2.05, 4.69) is 0 Å². The summed E-state index contributed by atoms with van der Waals surface area (Å²) in [6, 6.07) is 9.22. The van der Waals surface area contributed by atoms with Gasteiger partial charge in [0.1, 0.15) is 6.10 Å². The van der Waals surface area contributed by atoms with E-state index in [9.17, 15) is 15.0 Å². The second kappa shape index (κ2) is 5.94. The number of ether oxygens (including phenoxy) is 2. The molecule has 1 aromatic rings. The van der Waals surface area contributed by atoms with Gasteiger partial charge in [0.05, 0.1) is 24.9 Å². The summed E-state index contributed by atoms with van der Waals surface area (Å²) in [7, 11) is 1.31. The standard InChI is InChI=1S/C17H18O5/c1-21-16(19)13-9-22-17(20)14-11(13)7-8-12(14)15(18)10-5-3-2-4-6-10/h2-6,8-9,11,14-15,17-18,20H,7H2,1H3. The van der Waals surface area contributed by atoms with E-state index >= 15 is 0 Å². The average molecular weight is 302 g/mol. The highest BCUT2D eigenvalue weighted by molar-refractivity contribution is 5.89. The fraction of sp³-hybridized carbons (Fsp3) is 0.353. The Balaban J connectivity index is 1.88. The minimum atomic E-state index is -1.08. The zero-order valence-corrected chi connectivity index (χ0v) is 12.2. The van der Waals surface area contributed by atoms with Crippen LogP contribution in [0.25, 0.3) is 0 Å². The van der Waals surface area contributed by atoms with Gasteiger partial charge in [0, 0.05) is 5.92 Å². The summed E-state index contributed by atoms with van der Waals surface area (Å²) >= 11 is 0. The van der Waals surface area contributed by atoms with Gasteiger partial charge in [-0.2, -0.15) is 0 Å². The third-order valence-corrected chi connectivity index (χ3v) is 4.32. The molecule has 4 unspecified atom stereocenters. The Kier molecular flexibility index (Phi) is 4.00. The van der Waals surface area contributed by atoms with Crippen molar-refractivity contribution in [1.82, 2.24) is 0 Å². The molecular weight excluding hydrogens is 284 g/mol. The van der Waals surface area contributed by atoms with Gasteiger partial charge in [0.15, 0.2) is 0 Å². The van der Waals surface area contributed by atoms with Crippen LogP contribution in [0.15, 0.2) is 53.8 Å². The van der Waals surface area contributed by atoms with Gasteiger partial charge in [-0.25, -0.2) is 4.79 Å². The molecule has 2 N–H and O–H groups in total. The molecule has 0 bridgehead atoms. The van der Waals surface area contributed by atoms with Crippen molar-refractivity contribution in [3.63, 3.8) is 0 Å². The molecule has 0 saturated carbocycles. The largest absolute Gasteiger partial charge is 0.472 e. The maximum atomic E-state index is 11.8. The molecule has 1 aromatic carbocycles. The van der Waals surface area contributed by atoms with Gasteiger partial charge < -0.3 is 19.7 Å². The van der Waals surface area contributed by atoms with Crippen LogP contribution in [0.3, 0.4) is 0 Å². The van der Waals surface area contributed by atoms with Crippen LogP contribution in [-0.4, -0.2) is 29.6 Å². The minimum Gasteiger partial charge on any atom is -0.472 e. The van der Waals surface area contributed by atoms with E-state index in [0.717, 1.165) is 5.56 Å². The maximum absolute atomic E-state index is 11.8. The Morgan fingerprint density at radius 3 is 2.77 bits per heavy atom. The molecule has 0 radical (unpaired) electrons. The fourth-order valence-electron chi connectivity index (χ4n) is 3.22. The van der Waals surface area contributed by atoms with Gasteiger partial charge in [-0.05, 0) is 17.6 Å². The summed E-state index contributed by atoms with van der Waals surface area (Å²) in [6.45, 7) is 0. The first-order chi connectivity index (χ1) is 10.6. The van der Waals surface area contributed by atoms with Gasteiger partial charge in [0.2, 0.25) is 6.29 Å². The smallest absolute Gasteiger partial charge is 0.337 e. The SMILES string of the molecule is COC(=O)C1=COC(O)C2C(C(O)c3ccccc3)=CCC12. The number of rotatable bonds is 3. The van der Waals surface area contributed by atoms with Crippen LogP contribution >= 0.6 is 0 Å². The van der Waals surface area contributed by atoms with Gasteiger partial charge >= 0.3 is 5.97 Å². The van der Waals surface area contributed by atoms with Crippen molar-refractivity contribution in [3.8, 4) is 0 Å². The Morgan fingerprint density at radius 2 is 2.09 bits per heavy atom. The van der Waals surface area contributed by atoms with Crippen molar-refractivity contribution >= 4 is 5.97 Å². The highest BCUT2D eigenvalue weighted by Crippen LogP contribution is 2.46. The molecule has 0 fully saturated rings. The number of esters is 1. The summed E-state index contributed by atoms with van der Waals surface area (Å²) in [6.07, 6.45) is 1.80. The molecule has 0 spiro atoms. The molecule has 0 aromatic heterocycles. The Hall–Kier alpha value is -2.11. The Labute approximate surface area is 128 Å². The number of carbonyl (C=O) groups excluding carboxylic acids is 1. The molecule has 22 heavy (non-hydrogen) atoms. The predicted molar refractivity (Wildman–Crippen MR) is 78.3 cm³/mol. The number of methoxy groups -OCH3 is 1. The number of carbonyl (C=O) groups is 1. The van der Waals surface area contributed by atoms with Crippen molar-refractivity contribution in [2.75, 3.05) is 7.11 Å². The predicted octanol–water partition coefficient (Wildman–Crippen LogP) is 1.69. The van der Waals surface area contributed by atoms with E-state index in [1.165, 1.54) is 13.4 Å². The van der Waals surface area contributed by atoms with Crippen molar-refractivity contribution in [3.05, 3.63) is 59.4 Å². The molecule has 3 rings (SSSR count). The van der Waals surface area contributed by atoms with Crippen LogP contribution in [0.4, 0.5) is 0 Å². The lowest BCUT2D eigenvalue weighted by atomic mass is 9.81. The number of aliphatic hydroxyl groups excluding tert-OH is 2. The van der Waals surface area contributed by atoms with Crippen LogP contribution in [0, 0.1) is 11.8 Å². The minimum absolute atomic E-state index is 0.232. The van der Waals surface area contributed by atoms with E-state index < -0.39 is 24.3 Å². The molecular formula is C17H18O5. The summed E-state index contributed by atoms with van der Waals surface area (Å²) in [5, 5.41) is 20.7. The van der Waals surface area contributed by atoms with Crippen molar-refractivity contribution in [2.24, 2.45) is 11.8 Å². The van der Waals surface area contributed by atoms with Gasteiger partial charge in [0.25, 0.3) is 0 Å². The summed E-state index contributed by atoms with van der Waals surface area (Å²) in [4.78, 5) is 11.8. The number of allylic oxidation sites excluding steroid dienone is 1. The average Bonchev–Trinajstić information content (AvgIpc) is 3.00. The summed E-state index contributed by atoms with van der Waals surface area (Å²) in [5.74, 6) is -1.15. The summed E-state index contributed by atoms with van der Waals surface area (Å²) in [5.41, 5.74) is 1.82. The van der Waals surface area contributed by atoms with Crippen LogP contribution in [-0.2, 0) is 14.3 Å². The lowest BCUT2D eigenvalue weighted by molar-refractivity contribution is -0.142. The highest BCUT2D eigenvalue weighted by Gasteiger charge is 2.45. The fourth-order valence-corrected chi connectivity index (χ4v) is 3.22. The number of benzene rings is 1. The number of aliphatic hydroxyl groups is 2. The van der Waals surface area contributed by atoms with E-state index in [1.807, 2.05) is 36.4 Å². The van der Waals surface area contributed by atoms with E-state index in [4.69, 9.17) is 9.47 Å². The van der Waals surface area contributed by atoms with Gasteiger partial charge in [-0.3, -0.25) is 0 Å². The maximum Gasteiger partial charge on any atom is 0.337 e. The molecule has 2 aliphatic rings. The van der Waals surface area contributed by atoms with E-state index in [-0.39, 0.29) is 5.92 Å².